The maximum atomic E-state index is 14.7. The molecule has 56 heavy (non-hydrogen) atoms. The molecule has 3 aliphatic heterocycles. The SMILES string of the molecule is CCCCCCCN1CC(Cc2ccccc2)NC1[C@H](C)NC(=O)[C@H](CC(=O)N1CCC[C@@H]1c1ccccc1)NC(=O)C1(C2CCCCCCC2)CC(C)ON1. The second kappa shape index (κ2) is 20.9. The molecule has 0 bridgehead atoms. The van der Waals surface area contributed by atoms with E-state index in [2.05, 4.69) is 82.6 Å². The van der Waals surface area contributed by atoms with Crippen molar-refractivity contribution >= 4 is 17.7 Å². The lowest BCUT2D eigenvalue weighted by Gasteiger charge is -2.37. The van der Waals surface area contributed by atoms with Crippen LogP contribution >= 0.6 is 0 Å². The summed E-state index contributed by atoms with van der Waals surface area (Å²) in [6.45, 7) is 8.78. The average molecular weight is 771 g/mol. The van der Waals surface area contributed by atoms with E-state index in [4.69, 9.17) is 4.84 Å². The van der Waals surface area contributed by atoms with Crippen LogP contribution in [0.1, 0.15) is 141 Å². The minimum absolute atomic E-state index is 0.0378. The number of hydrogen-bond donors (Lipinski definition) is 4. The van der Waals surface area contributed by atoms with Crippen LogP contribution in [0.4, 0.5) is 0 Å². The molecule has 7 atom stereocenters. The molecule has 4 N–H and O–H groups in total. The molecule has 4 aliphatic rings. The molecule has 10 nitrogen and oxygen atoms in total. The summed E-state index contributed by atoms with van der Waals surface area (Å²) in [6, 6.07) is 19.7. The fourth-order valence-electron chi connectivity index (χ4n) is 9.97. The third-order valence-corrected chi connectivity index (χ3v) is 13.0. The summed E-state index contributed by atoms with van der Waals surface area (Å²) in [5.74, 6) is -0.568. The number of hydrogen-bond acceptors (Lipinski definition) is 7. The Morgan fingerprint density at radius 1 is 0.875 bits per heavy atom. The number of carbonyl (C=O) groups excluding carboxylic acids is 3. The first-order valence-corrected chi connectivity index (χ1v) is 22.2. The first kappa shape index (κ1) is 42.3. The molecule has 308 valence electrons. The van der Waals surface area contributed by atoms with Gasteiger partial charge >= 0.3 is 0 Å². The van der Waals surface area contributed by atoms with Crippen molar-refractivity contribution in [3.8, 4) is 0 Å². The van der Waals surface area contributed by atoms with E-state index in [-0.39, 0.29) is 60.5 Å². The molecular formula is C46H70N6O4. The van der Waals surface area contributed by atoms with Crippen molar-refractivity contribution in [2.45, 2.75) is 172 Å². The van der Waals surface area contributed by atoms with Gasteiger partial charge in [0.15, 0.2) is 0 Å². The van der Waals surface area contributed by atoms with Crippen molar-refractivity contribution in [2.75, 3.05) is 19.6 Å². The topological polar surface area (TPSA) is 115 Å². The molecule has 4 unspecified atom stereocenters. The number of amides is 3. The average Bonchev–Trinajstić information content (AvgIpc) is 3.94. The van der Waals surface area contributed by atoms with Crippen LogP contribution in [0.15, 0.2) is 60.7 Å². The molecular weight excluding hydrogens is 701 g/mol. The third kappa shape index (κ3) is 11.0. The molecule has 0 spiro atoms. The predicted octanol–water partition coefficient (Wildman–Crippen LogP) is 6.96. The highest BCUT2D eigenvalue weighted by atomic mass is 16.7. The van der Waals surface area contributed by atoms with E-state index < -0.39 is 11.6 Å². The molecule has 2 aromatic rings. The minimum Gasteiger partial charge on any atom is -0.349 e. The fourth-order valence-corrected chi connectivity index (χ4v) is 9.97. The molecule has 3 heterocycles. The van der Waals surface area contributed by atoms with Gasteiger partial charge in [-0.2, -0.15) is 5.48 Å². The van der Waals surface area contributed by atoms with Crippen LogP contribution in [0.2, 0.25) is 0 Å². The van der Waals surface area contributed by atoms with Crippen LogP contribution in [0.3, 0.4) is 0 Å². The quantitative estimate of drug-likeness (QED) is 0.129. The Hall–Kier alpha value is -3.31. The van der Waals surface area contributed by atoms with E-state index in [1.807, 2.05) is 30.0 Å². The molecule has 1 saturated carbocycles. The third-order valence-electron chi connectivity index (χ3n) is 13.0. The summed E-state index contributed by atoms with van der Waals surface area (Å²) in [6.07, 6.45) is 16.5. The molecule has 3 saturated heterocycles. The van der Waals surface area contributed by atoms with E-state index in [0.29, 0.717) is 13.0 Å². The van der Waals surface area contributed by atoms with Gasteiger partial charge in [0.05, 0.1) is 30.8 Å². The zero-order valence-corrected chi connectivity index (χ0v) is 34.5. The number of hydroxylamine groups is 1. The van der Waals surface area contributed by atoms with E-state index >= 15 is 0 Å². The maximum Gasteiger partial charge on any atom is 0.243 e. The Labute approximate surface area is 336 Å². The summed E-state index contributed by atoms with van der Waals surface area (Å²) < 4.78 is 0. The second-order valence-corrected chi connectivity index (χ2v) is 17.3. The van der Waals surface area contributed by atoms with E-state index in [9.17, 15) is 14.4 Å². The van der Waals surface area contributed by atoms with E-state index in [1.165, 1.54) is 37.7 Å². The number of carbonyl (C=O) groups is 3. The van der Waals surface area contributed by atoms with E-state index in [1.54, 1.807) is 0 Å². The van der Waals surface area contributed by atoms with Crippen LogP contribution in [-0.2, 0) is 25.6 Å². The van der Waals surface area contributed by atoms with Crippen LogP contribution < -0.4 is 21.4 Å². The van der Waals surface area contributed by atoms with Crippen LogP contribution in [0.25, 0.3) is 0 Å². The normalized spacial score (nSPS) is 27.4. The molecule has 10 heteroatoms. The lowest BCUT2D eigenvalue weighted by atomic mass is 9.73. The van der Waals surface area contributed by atoms with Gasteiger partial charge in [-0.25, -0.2) is 0 Å². The Balaban J connectivity index is 1.21. The van der Waals surface area contributed by atoms with Crippen LogP contribution in [0.5, 0.6) is 0 Å². The Morgan fingerprint density at radius 3 is 2.27 bits per heavy atom. The molecule has 1 aliphatic carbocycles. The number of nitrogens with one attached hydrogen (secondary N) is 4. The van der Waals surface area contributed by atoms with Crippen LogP contribution in [0, 0.1) is 5.92 Å². The summed E-state index contributed by atoms with van der Waals surface area (Å²) in [4.78, 5) is 54.0. The maximum absolute atomic E-state index is 14.7. The molecule has 0 aromatic heterocycles. The lowest BCUT2D eigenvalue weighted by Crippen LogP contribution is -2.63. The highest BCUT2D eigenvalue weighted by molar-refractivity contribution is 5.95. The summed E-state index contributed by atoms with van der Waals surface area (Å²) >= 11 is 0. The van der Waals surface area contributed by atoms with Crippen molar-refractivity contribution in [2.24, 2.45) is 5.92 Å². The summed E-state index contributed by atoms with van der Waals surface area (Å²) in [5.41, 5.74) is 4.66. The highest BCUT2D eigenvalue weighted by Gasteiger charge is 2.51. The molecule has 6 rings (SSSR count). The number of unbranched alkanes of at least 4 members (excludes halogenated alkanes) is 4. The summed E-state index contributed by atoms with van der Waals surface area (Å²) in [7, 11) is 0. The number of nitrogens with zero attached hydrogens (tertiary/aromatic N) is 2. The lowest BCUT2D eigenvalue weighted by molar-refractivity contribution is -0.140. The monoisotopic (exact) mass is 771 g/mol. The molecule has 0 radical (unpaired) electrons. The van der Waals surface area contributed by atoms with Gasteiger partial charge in [0.25, 0.3) is 0 Å². The van der Waals surface area contributed by atoms with Crippen molar-refractivity contribution in [1.29, 1.82) is 0 Å². The number of rotatable bonds is 17. The van der Waals surface area contributed by atoms with Gasteiger partial charge < -0.3 is 15.5 Å². The Bertz CT molecular complexity index is 1520. The van der Waals surface area contributed by atoms with E-state index in [0.717, 1.165) is 82.9 Å². The van der Waals surface area contributed by atoms with Gasteiger partial charge in [-0.3, -0.25) is 29.4 Å². The Kier molecular flexibility index (Phi) is 15.8. The minimum atomic E-state index is -1.03. The van der Waals surface area contributed by atoms with Gasteiger partial charge in [-0.1, -0.05) is 125 Å². The first-order chi connectivity index (χ1) is 27.3. The van der Waals surface area contributed by atoms with Crippen molar-refractivity contribution < 1.29 is 19.2 Å². The highest BCUT2D eigenvalue weighted by Crippen LogP contribution is 2.38. The van der Waals surface area contributed by atoms with Crippen molar-refractivity contribution in [3.63, 3.8) is 0 Å². The van der Waals surface area contributed by atoms with Crippen LogP contribution in [-0.4, -0.2) is 83.1 Å². The molecule has 3 amide bonds. The second-order valence-electron chi connectivity index (χ2n) is 17.3. The predicted molar refractivity (Wildman–Crippen MR) is 222 cm³/mol. The largest absolute Gasteiger partial charge is 0.349 e. The van der Waals surface area contributed by atoms with Crippen molar-refractivity contribution in [1.82, 2.24) is 31.2 Å². The van der Waals surface area contributed by atoms with Gasteiger partial charge in [0.2, 0.25) is 17.7 Å². The van der Waals surface area contributed by atoms with Gasteiger partial charge in [0, 0.05) is 25.6 Å². The first-order valence-electron chi connectivity index (χ1n) is 22.2. The fraction of sp³-hybridized carbons (Fsp3) is 0.674. The number of likely N-dealkylation sites (tertiary alicyclic amines) is 1. The Morgan fingerprint density at radius 2 is 1.57 bits per heavy atom. The zero-order chi connectivity index (χ0) is 39.3. The van der Waals surface area contributed by atoms with Gasteiger partial charge in [-0.15, -0.1) is 0 Å². The standard InChI is InChI=1S/C46H70N6O4/c1-4-5-6-10-19-28-51-33-39(30-36-21-13-11-14-22-36)48-43(51)35(3)47-44(54)40(31-42(53)52-29-20-27-41(52)37-23-15-12-16-24-37)49-45(55)46(32-34(2)56-50-46)38-25-17-8-7-9-18-26-38/h11-16,21-24,34-35,38-41,43,48,50H,4-10,17-20,25-33H2,1-3H3,(H,47,54)(H,49,55)/t34?,35-,39?,40-,41+,43?,46?/m0/s1. The zero-order valence-electron chi connectivity index (χ0n) is 34.5. The molecule has 2 aromatic carbocycles. The number of benzene rings is 2. The van der Waals surface area contributed by atoms with Gasteiger partial charge in [0.1, 0.15) is 11.6 Å². The van der Waals surface area contributed by atoms with Crippen molar-refractivity contribution in [3.05, 3.63) is 71.8 Å². The smallest absolute Gasteiger partial charge is 0.243 e. The summed E-state index contributed by atoms with van der Waals surface area (Å²) in [5, 5.41) is 10.4. The van der Waals surface area contributed by atoms with Gasteiger partial charge in [-0.05, 0) is 76.0 Å². The molecule has 4 fully saturated rings.